The molecule has 0 heterocycles. The van der Waals surface area contributed by atoms with Gasteiger partial charge >= 0.3 is 0 Å². The van der Waals surface area contributed by atoms with Crippen LogP contribution in [0.5, 0.6) is 0 Å². The highest BCUT2D eigenvalue weighted by molar-refractivity contribution is 5.96. The van der Waals surface area contributed by atoms with E-state index < -0.39 is 0 Å². The number of allylic oxidation sites excluding steroid dienone is 2. The molecule has 4 aliphatic rings. The van der Waals surface area contributed by atoms with Gasteiger partial charge in [-0.1, -0.05) is 38.2 Å². The molecular formula is C25H36O3. The molecule has 3 saturated carbocycles. The topological polar surface area (TPSA) is 51.2 Å². The van der Waals surface area contributed by atoms with Gasteiger partial charge in [-0.15, -0.1) is 0 Å². The minimum absolute atomic E-state index is 0.225. The molecule has 0 saturated heterocycles. The van der Waals surface area contributed by atoms with E-state index in [-0.39, 0.29) is 11.7 Å². The fraction of sp³-hybridized carbons (Fsp3) is 0.800. The van der Waals surface area contributed by atoms with Gasteiger partial charge in [-0.3, -0.25) is 14.4 Å². The summed E-state index contributed by atoms with van der Waals surface area (Å²) in [5.74, 6) is 3.60. The van der Waals surface area contributed by atoms with Crippen molar-refractivity contribution >= 4 is 17.3 Å². The Morgan fingerprint density at radius 1 is 0.857 bits per heavy atom. The lowest BCUT2D eigenvalue weighted by molar-refractivity contribution is -0.127. The van der Waals surface area contributed by atoms with Gasteiger partial charge in [0, 0.05) is 31.6 Å². The van der Waals surface area contributed by atoms with Gasteiger partial charge in [-0.25, -0.2) is 0 Å². The highest BCUT2D eigenvalue weighted by atomic mass is 16.1. The van der Waals surface area contributed by atoms with Crippen molar-refractivity contribution in [3.8, 4) is 0 Å². The Hall–Kier alpha value is -1.25. The third-order valence-electron chi connectivity index (χ3n) is 8.24. The van der Waals surface area contributed by atoms with E-state index in [2.05, 4.69) is 6.08 Å². The predicted molar refractivity (Wildman–Crippen MR) is 110 cm³/mol. The molecule has 3 nitrogen and oxygen atoms in total. The van der Waals surface area contributed by atoms with Crippen molar-refractivity contribution in [2.24, 2.45) is 29.6 Å². The van der Waals surface area contributed by atoms with Crippen LogP contribution in [0.25, 0.3) is 0 Å². The SMILES string of the molecule is O=C1CCC2CCC(C(=O)CCCC(=O)C3CCCC4CCCCC43)=CC2C1. The van der Waals surface area contributed by atoms with Crippen LogP contribution in [-0.4, -0.2) is 17.3 Å². The lowest BCUT2D eigenvalue weighted by Crippen LogP contribution is -2.35. The Kier molecular flexibility index (Phi) is 6.48. The summed E-state index contributed by atoms with van der Waals surface area (Å²) < 4.78 is 0. The van der Waals surface area contributed by atoms with E-state index in [1.807, 2.05) is 0 Å². The van der Waals surface area contributed by atoms with Crippen LogP contribution in [-0.2, 0) is 14.4 Å². The normalized spacial score (nSPS) is 35.5. The predicted octanol–water partition coefficient (Wildman–Crippen LogP) is 5.61. The van der Waals surface area contributed by atoms with E-state index in [0.29, 0.717) is 55.0 Å². The Bertz CT molecular complexity index is 644. The van der Waals surface area contributed by atoms with Crippen LogP contribution in [0, 0.1) is 29.6 Å². The molecular weight excluding hydrogens is 348 g/mol. The van der Waals surface area contributed by atoms with Gasteiger partial charge in [0.15, 0.2) is 5.78 Å². The maximum Gasteiger partial charge on any atom is 0.158 e. The Labute approximate surface area is 169 Å². The molecule has 3 fully saturated rings. The van der Waals surface area contributed by atoms with E-state index in [0.717, 1.165) is 43.6 Å². The van der Waals surface area contributed by atoms with Gasteiger partial charge in [0.2, 0.25) is 0 Å². The summed E-state index contributed by atoms with van der Waals surface area (Å²) in [4.78, 5) is 37.3. The van der Waals surface area contributed by atoms with Gasteiger partial charge in [-0.2, -0.15) is 0 Å². The molecule has 154 valence electrons. The molecule has 0 N–H and O–H groups in total. The van der Waals surface area contributed by atoms with Crippen LogP contribution in [0.15, 0.2) is 11.6 Å². The second-order valence-corrected chi connectivity index (χ2v) is 9.92. The number of hydrogen-bond acceptors (Lipinski definition) is 3. The number of fused-ring (bicyclic) bond motifs is 2. The van der Waals surface area contributed by atoms with Crippen molar-refractivity contribution in [1.82, 2.24) is 0 Å². The summed E-state index contributed by atoms with van der Waals surface area (Å²) in [5.41, 5.74) is 0.938. The number of rotatable bonds is 6. The smallest absolute Gasteiger partial charge is 0.158 e. The summed E-state index contributed by atoms with van der Waals surface area (Å²) in [6.45, 7) is 0. The van der Waals surface area contributed by atoms with Crippen LogP contribution in [0.2, 0.25) is 0 Å². The molecule has 0 radical (unpaired) electrons. The van der Waals surface area contributed by atoms with E-state index in [9.17, 15) is 14.4 Å². The van der Waals surface area contributed by atoms with Crippen molar-refractivity contribution in [1.29, 1.82) is 0 Å². The molecule has 4 aliphatic carbocycles. The van der Waals surface area contributed by atoms with E-state index in [1.165, 1.54) is 38.5 Å². The lowest BCUT2D eigenvalue weighted by Gasteiger charge is -2.40. The maximum absolute atomic E-state index is 12.9. The zero-order chi connectivity index (χ0) is 19.5. The molecule has 3 heteroatoms. The molecule has 5 unspecified atom stereocenters. The zero-order valence-electron chi connectivity index (χ0n) is 17.3. The van der Waals surface area contributed by atoms with Crippen molar-refractivity contribution in [2.45, 2.75) is 96.3 Å². The zero-order valence-corrected chi connectivity index (χ0v) is 17.3. The summed E-state index contributed by atoms with van der Waals surface area (Å²) in [6, 6.07) is 0. The average molecular weight is 385 g/mol. The number of Topliss-reactive ketones (excluding diaryl/α,β-unsaturated/α-hetero) is 3. The lowest BCUT2D eigenvalue weighted by atomic mass is 9.64. The van der Waals surface area contributed by atoms with Gasteiger partial charge in [0.1, 0.15) is 11.6 Å². The summed E-state index contributed by atoms with van der Waals surface area (Å²) >= 11 is 0. The monoisotopic (exact) mass is 384 g/mol. The Balaban J connectivity index is 1.26. The van der Waals surface area contributed by atoms with Crippen LogP contribution in [0.1, 0.15) is 96.3 Å². The molecule has 0 spiro atoms. The van der Waals surface area contributed by atoms with E-state index in [1.54, 1.807) is 0 Å². The first-order valence-electron chi connectivity index (χ1n) is 11.9. The van der Waals surface area contributed by atoms with Crippen molar-refractivity contribution in [2.75, 3.05) is 0 Å². The molecule has 0 amide bonds. The number of ketones is 3. The van der Waals surface area contributed by atoms with Gasteiger partial charge < -0.3 is 0 Å². The third kappa shape index (κ3) is 4.49. The maximum atomic E-state index is 12.9. The van der Waals surface area contributed by atoms with Crippen LogP contribution in [0.3, 0.4) is 0 Å². The molecule has 0 aromatic heterocycles. The molecule has 0 aliphatic heterocycles. The van der Waals surface area contributed by atoms with Crippen LogP contribution < -0.4 is 0 Å². The second kappa shape index (κ2) is 9.05. The fourth-order valence-corrected chi connectivity index (χ4v) is 6.67. The highest BCUT2D eigenvalue weighted by Gasteiger charge is 2.38. The first-order valence-corrected chi connectivity index (χ1v) is 11.9. The van der Waals surface area contributed by atoms with Crippen LogP contribution in [0.4, 0.5) is 0 Å². The first-order chi connectivity index (χ1) is 13.6. The molecule has 28 heavy (non-hydrogen) atoms. The first kappa shape index (κ1) is 20.0. The van der Waals surface area contributed by atoms with E-state index in [4.69, 9.17) is 0 Å². The summed E-state index contributed by atoms with van der Waals surface area (Å²) in [5, 5.41) is 0. The minimum atomic E-state index is 0.225. The largest absolute Gasteiger partial charge is 0.300 e. The van der Waals surface area contributed by atoms with Gasteiger partial charge in [-0.05, 0) is 67.8 Å². The van der Waals surface area contributed by atoms with Crippen LogP contribution >= 0.6 is 0 Å². The molecule has 4 rings (SSSR count). The number of hydrogen-bond donors (Lipinski definition) is 0. The van der Waals surface area contributed by atoms with Gasteiger partial charge in [0.25, 0.3) is 0 Å². The summed E-state index contributed by atoms with van der Waals surface area (Å²) in [6.07, 6.45) is 17.0. The Morgan fingerprint density at radius 2 is 1.64 bits per heavy atom. The summed E-state index contributed by atoms with van der Waals surface area (Å²) in [7, 11) is 0. The molecule has 0 bridgehead atoms. The minimum Gasteiger partial charge on any atom is -0.300 e. The highest BCUT2D eigenvalue weighted by Crippen LogP contribution is 2.44. The van der Waals surface area contributed by atoms with Gasteiger partial charge in [0.05, 0.1) is 0 Å². The second-order valence-electron chi connectivity index (χ2n) is 9.92. The van der Waals surface area contributed by atoms with E-state index >= 15 is 0 Å². The standard InChI is InChI=1S/C25H36O3/c26-21-14-13-17-11-12-19(15-20(17)16-21)24(27)9-4-10-25(28)23-8-3-6-18-5-1-2-7-22(18)23/h15,17-18,20,22-23H,1-14,16H2. The molecule has 0 aromatic carbocycles. The number of carbonyl (C=O) groups excluding carboxylic acids is 3. The Morgan fingerprint density at radius 3 is 2.54 bits per heavy atom. The van der Waals surface area contributed by atoms with Crippen molar-refractivity contribution in [3.05, 3.63) is 11.6 Å². The molecule has 0 aromatic rings. The quantitative estimate of drug-likeness (QED) is 0.598. The fourth-order valence-electron chi connectivity index (χ4n) is 6.67. The molecule has 5 atom stereocenters. The van der Waals surface area contributed by atoms with Crippen molar-refractivity contribution < 1.29 is 14.4 Å². The van der Waals surface area contributed by atoms with Crippen molar-refractivity contribution in [3.63, 3.8) is 0 Å². The number of carbonyl (C=O) groups is 3. The third-order valence-corrected chi connectivity index (χ3v) is 8.24. The average Bonchev–Trinajstić information content (AvgIpc) is 2.72.